The Morgan fingerprint density at radius 3 is 2.67 bits per heavy atom. The number of hydrogen-bond acceptors (Lipinski definition) is 2. The molecule has 0 aliphatic carbocycles. The number of rotatable bonds is 5. The predicted octanol–water partition coefficient (Wildman–Crippen LogP) is 3.33. The summed E-state index contributed by atoms with van der Waals surface area (Å²) in [6, 6.07) is 13.1. The molecule has 0 radical (unpaired) electrons. The summed E-state index contributed by atoms with van der Waals surface area (Å²) in [5, 5.41) is 5.37. The van der Waals surface area contributed by atoms with Crippen molar-refractivity contribution in [2.75, 3.05) is 18.5 Å². The Morgan fingerprint density at radius 2 is 1.95 bits per heavy atom. The number of amides is 2. The van der Waals surface area contributed by atoms with Crippen molar-refractivity contribution >= 4 is 11.7 Å². The number of benzene rings is 2. The summed E-state index contributed by atoms with van der Waals surface area (Å²) in [6.45, 7) is 2.58. The van der Waals surface area contributed by atoms with Gasteiger partial charge in [-0.25, -0.2) is 9.18 Å². The largest absolute Gasteiger partial charge is 0.492 e. The van der Waals surface area contributed by atoms with Gasteiger partial charge in [-0.3, -0.25) is 0 Å². The van der Waals surface area contributed by atoms with Crippen LogP contribution in [0.2, 0.25) is 0 Å². The third-order valence-corrected chi connectivity index (χ3v) is 2.76. The molecule has 0 fully saturated rings. The second kappa shape index (κ2) is 7.28. The van der Waals surface area contributed by atoms with E-state index in [0.29, 0.717) is 12.3 Å². The fourth-order valence-corrected chi connectivity index (χ4v) is 1.70. The van der Waals surface area contributed by atoms with Crippen LogP contribution in [0.1, 0.15) is 5.56 Å². The molecule has 0 saturated heterocycles. The van der Waals surface area contributed by atoms with E-state index in [1.54, 1.807) is 12.1 Å². The Labute approximate surface area is 122 Å². The van der Waals surface area contributed by atoms with Crippen LogP contribution in [0.4, 0.5) is 14.9 Å². The molecule has 0 unspecified atom stereocenters. The molecule has 5 heteroatoms. The fourth-order valence-electron chi connectivity index (χ4n) is 1.70. The number of anilines is 1. The van der Waals surface area contributed by atoms with Gasteiger partial charge in [0.05, 0.1) is 6.54 Å². The van der Waals surface area contributed by atoms with E-state index < -0.39 is 0 Å². The van der Waals surface area contributed by atoms with Gasteiger partial charge in [0.15, 0.2) is 0 Å². The van der Waals surface area contributed by atoms with E-state index >= 15 is 0 Å². The third kappa shape index (κ3) is 5.14. The molecule has 4 nitrogen and oxygen atoms in total. The van der Waals surface area contributed by atoms with Gasteiger partial charge in [-0.15, -0.1) is 0 Å². The van der Waals surface area contributed by atoms with Gasteiger partial charge in [0, 0.05) is 11.8 Å². The summed E-state index contributed by atoms with van der Waals surface area (Å²) in [6.07, 6.45) is 0. The van der Waals surface area contributed by atoms with Gasteiger partial charge in [-0.05, 0) is 31.2 Å². The highest BCUT2D eigenvalue weighted by atomic mass is 19.1. The first-order chi connectivity index (χ1) is 10.1. The van der Waals surface area contributed by atoms with Crippen molar-refractivity contribution in [3.63, 3.8) is 0 Å². The third-order valence-electron chi connectivity index (χ3n) is 2.76. The van der Waals surface area contributed by atoms with Crippen molar-refractivity contribution in [2.24, 2.45) is 0 Å². The van der Waals surface area contributed by atoms with E-state index in [1.165, 1.54) is 12.1 Å². The lowest BCUT2D eigenvalue weighted by Crippen LogP contribution is -2.32. The first-order valence-corrected chi connectivity index (χ1v) is 6.63. The molecule has 0 saturated carbocycles. The minimum Gasteiger partial charge on any atom is -0.492 e. The van der Waals surface area contributed by atoms with Gasteiger partial charge in [0.25, 0.3) is 0 Å². The van der Waals surface area contributed by atoms with Crippen LogP contribution in [0.25, 0.3) is 0 Å². The Balaban J connectivity index is 1.68. The molecule has 0 aliphatic heterocycles. The van der Waals surface area contributed by atoms with Crippen LogP contribution in [0, 0.1) is 12.7 Å². The van der Waals surface area contributed by atoms with E-state index in [2.05, 4.69) is 10.6 Å². The second-order valence-electron chi connectivity index (χ2n) is 4.55. The molecule has 0 spiro atoms. The average molecular weight is 288 g/mol. The Kier molecular flexibility index (Phi) is 5.15. The van der Waals surface area contributed by atoms with Crippen molar-refractivity contribution in [2.45, 2.75) is 6.92 Å². The number of carbonyl (C=O) groups is 1. The number of carbonyl (C=O) groups excluding carboxylic acids is 1. The van der Waals surface area contributed by atoms with E-state index in [4.69, 9.17) is 4.74 Å². The zero-order valence-corrected chi connectivity index (χ0v) is 11.7. The van der Waals surface area contributed by atoms with Crippen molar-refractivity contribution in [3.05, 3.63) is 59.9 Å². The maximum absolute atomic E-state index is 12.9. The SMILES string of the molecule is Cc1ccc(NC(=O)NCCOc2cccc(F)c2)cc1. The van der Waals surface area contributed by atoms with Crippen molar-refractivity contribution < 1.29 is 13.9 Å². The van der Waals surface area contributed by atoms with Crippen LogP contribution in [0.5, 0.6) is 5.75 Å². The average Bonchev–Trinajstić information content (AvgIpc) is 2.46. The topological polar surface area (TPSA) is 50.4 Å². The molecule has 0 bridgehead atoms. The van der Waals surface area contributed by atoms with Crippen LogP contribution < -0.4 is 15.4 Å². The maximum Gasteiger partial charge on any atom is 0.319 e. The summed E-state index contributed by atoms with van der Waals surface area (Å²) in [4.78, 5) is 11.6. The molecule has 110 valence electrons. The Bertz CT molecular complexity index is 599. The van der Waals surface area contributed by atoms with Gasteiger partial charge in [0.2, 0.25) is 0 Å². The van der Waals surface area contributed by atoms with E-state index in [0.717, 1.165) is 11.3 Å². The minimum atomic E-state index is -0.349. The van der Waals surface area contributed by atoms with Gasteiger partial charge in [0.1, 0.15) is 18.2 Å². The summed E-state index contributed by atoms with van der Waals surface area (Å²) >= 11 is 0. The van der Waals surface area contributed by atoms with Crippen molar-refractivity contribution in [1.29, 1.82) is 0 Å². The monoisotopic (exact) mass is 288 g/mol. The molecule has 0 atom stereocenters. The first-order valence-electron chi connectivity index (χ1n) is 6.63. The number of urea groups is 1. The summed E-state index contributed by atoms with van der Waals surface area (Å²) < 4.78 is 18.2. The van der Waals surface area contributed by atoms with Crippen LogP contribution in [0.15, 0.2) is 48.5 Å². The molecule has 0 aromatic heterocycles. The molecular formula is C16H17FN2O2. The van der Waals surface area contributed by atoms with E-state index in [1.807, 2.05) is 31.2 Å². The van der Waals surface area contributed by atoms with Crippen LogP contribution in [0.3, 0.4) is 0 Å². The zero-order chi connectivity index (χ0) is 15.1. The summed E-state index contributed by atoms with van der Waals surface area (Å²) in [7, 11) is 0. The molecule has 21 heavy (non-hydrogen) atoms. The van der Waals surface area contributed by atoms with Crippen LogP contribution in [-0.2, 0) is 0 Å². The normalized spacial score (nSPS) is 10.0. The molecule has 2 N–H and O–H groups in total. The lowest BCUT2D eigenvalue weighted by Gasteiger charge is -2.09. The fraction of sp³-hybridized carbons (Fsp3) is 0.188. The number of halogens is 1. The number of ether oxygens (including phenoxy) is 1. The van der Waals surface area contributed by atoms with Gasteiger partial charge < -0.3 is 15.4 Å². The van der Waals surface area contributed by atoms with Gasteiger partial charge in [-0.1, -0.05) is 23.8 Å². The second-order valence-corrected chi connectivity index (χ2v) is 4.55. The molecular weight excluding hydrogens is 271 g/mol. The number of nitrogens with one attached hydrogen (secondary N) is 2. The lowest BCUT2D eigenvalue weighted by atomic mass is 10.2. The van der Waals surface area contributed by atoms with E-state index in [-0.39, 0.29) is 18.5 Å². The van der Waals surface area contributed by atoms with Gasteiger partial charge in [-0.2, -0.15) is 0 Å². The first kappa shape index (κ1) is 14.8. The summed E-state index contributed by atoms with van der Waals surface area (Å²) in [5.74, 6) is 0.0910. The molecule has 2 aromatic carbocycles. The summed E-state index contributed by atoms with van der Waals surface area (Å²) in [5.41, 5.74) is 1.86. The lowest BCUT2D eigenvalue weighted by molar-refractivity contribution is 0.247. The van der Waals surface area contributed by atoms with Crippen LogP contribution in [-0.4, -0.2) is 19.2 Å². The Morgan fingerprint density at radius 1 is 1.19 bits per heavy atom. The molecule has 2 amide bonds. The maximum atomic E-state index is 12.9. The van der Waals surface area contributed by atoms with Crippen LogP contribution >= 0.6 is 0 Å². The highest BCUT2D eigenvalue weighted by molar-refractivity contribution is 5.89. The smallest absolute Gasteiger partial charge is 0.319 e. The van der Waals surface area contributed by atoms with Crippen molar-refractivity contribution in [3.8, 4) is 5.75 Å². The zero-order valence-electron chi connectivity index (χ0n) is 11.7. The molecule has 2 aromatic rings. The van der Waals surface area contributed by atoms with E-state index in [9.17, 15) is 9.18 Å². The molecule has 2 rings (SSSR count). The standard InChI is InChI=1S/C16H17FN2O2/c1-12-5-7-14(8-6-12)19-16(20)18-9-10-21-15-4-2-3-13(17)11-15/h2-8,11H,9-10H2,1H3,(H2,18,19,20). The highest BCUT2D eigenvalue weighted by Crippen LogP contribution is 2.11. The van der Waals surface area contributed by atoms with Crippen molar-refractivity contribution in [1.82, 2.24) is 5.32 Å². The minimum absolute atomic E-state index is 0.269. The van der Waals surface area contributed by atoms with Gasteiger partial charge >= 0.3 is 6.03 Å². The number of hydrogen-bond donors (Lipinski definition) is 2. The predicted molar refractivity (Wildman–Crippen MR) is 80.1 cm³/mol. The number of aryl methyl sites for hydroxylation is 1. The quantitative estimate of drug-likeness (QED) is 0.829. The Hall–Kier alpha value is -2.56. The molecule has 0 heterocycles. The highest BCUT2D eigenvalue weighted by Gasteiger charge is 2.01. The molecule has 0 aliphatic rings.